The van der Waals surface area contributed by atoms with E-state index in [0.29, 0.717) is 19.3 Å². The fourth-order valence-corrected chi connectivity index (χ4v) is 14.5. The minimum atomic E-state index is -0.492. The number of piperidine rings is 9. The van der Waals surface area contributed by atoms with Crippen LogP contribution in [0.4, 0.5) is 0 Å². The Morgan fingerprint density at radius 3 is 0.986 bits per heavy atom. The number of hydrogen-bond acceptors (Lipinski definition) is 12. The molecule has 12 nitrogen and oxygen atoms in total. The Labute approximate surface area is 402 Å². The molecule has 69 heavy (non-hydrogen) atoms. The SMILES string of the molecule is O=C1C[C@H]2CN3CC[C@H]2C[C@H]3[C@@H](c2ccnc3ccccc23)OC(=O)C[C@H]2CN3CC[C@H]2C[C@H]3[C@@H](c2ccnc3ccccc23)OC(=O)C[C@@H]2CN3CC[C@@H]2C[C@@H]3[C@@H](c2ccnc3ccccc23)O1. The molecule has 3 unspecified atom stereocenters. The largest absolute Gasteiger partial charge is 0.456 e. The number of rotatable bonds is 3. The van der Waals surface area contributed by atoms with E-state index >= 15 is 0 Å². The summed E-state index contributed by atoms with van der Waals surface area (Å²) in [5, 5.41) is 2.99. The predicted octanol–water partition coefficient (Wildman–Crippen LogP) is 8.80. The third-order valence-electron chi connectivity index (χ3n) is 17.9. The summed E-state index contributed by atoms with van der Waals surface area (Å²) >= 11 is 0. The molecular formula is C57H60N6O6. The van der Waals surface area contributed by atoms with Crippen LogP contribution in [-0.2, 0) is 28.6 Å². The molecule has 15 saturated heterocycles. The van der Waals surface area contributed by atoms with Crippen molar-refractivity contribution in [1.82, 2.24) is 29.7 Å². The molecule has 0 spiro atoms. The Hall–Kier alpha value is -5.82. The van der Waals surface area contributed by atoms with Crippen molar-refractivity contribution in [2.45, 2.75) is 94.2 Å². The van der Waals surface area contributed by atoms with Crippen molar-refractivity contribution < 1.29 is 28.6 Å². The minimum absolute atomic E-state index is 0.0349. The van der Waals surface area contributed by atoms with Crippen LogP contribution in [0.15, 0.2) is 110 Å². The van der Waals surface area contributed by atoms with Crippen LogP contribution in [0.2, 0.25) is 0 Å². The molecule has 3 aromatic heterocycles. The second-order valence-corrected chi connectivity index (χ2v) is 21.4. The highest BCUT2D eigenvalue weighted by atomic mass is 16.6. The van der Waals surface area contributed by atoms with Crippen LogP contribution >= 0.6 is 0 Å². The van der Waals surface area contributed by atoms with Crippen LogP contribution < -0.4 is 0 Å². The van der Waals surface area contributed by atoms with Crippen molar-refractivity contribution in [3.63, 3.8) is 0 Å². The summed E-state index contributed by atoms with van der Waals surface area (Å²) in [4.78, 5) is 65.4. The Bertz CT molecular complexity index is 2620. The second-order valence-electron chi connectivity index (χ2n) is 21.4. The molecule has 0 N–H and O–H groups in total. The average Bonchev–Trinajstić information content (AvgIpc) is 3.39. The van der Waals surface area contributed by atoms with E-state index in [0.717, 1.165) is 127 Å². The number of esters is 3. The summed E-state index contributed by atoms with van der Waals surface area (Å²) in [6.45, 7) is 4.91. The molecule has 18 heterocycles. The topological polar surface area (TPSA) is 127 Å². The van der Waals surface area contributed by atoms with Gasteiger partial charge in [-0.1, -0.05) is 54.6 Å². The number of nitrogens with zero attached hydrogens (tertiary/aromatic N) is 6. The summed E-state index contributed by atoms with van der Waals surface area (Å²) in [5.41, 5.74) is 5.59. The number of ether oxygens (including phenoxy) is 3. The molecule has 354 valence electrons. The van der Waals surface area contributed by atoms with E-state index in [9.17, 15) is 14.4 Å². The molecule has 21 rings (SSSR count). The van der Waals surface area contributed by atoms with E-state index < -0.39 is 18.3 Å². The normalized spacial score (nSPS) is 35.8. The van der Waals surface area contributed by atoms with Crippen LogP contribution in [0, 0.1) is 35.5 Å². The van der Waals surface area contributed by atoms with Crippen molar-refractivity contribution in [2.75, 3.05) is 39.3 Å². The average molecular weight is 925 g/mol. The van der Waals surface area contributed by atoms with Gasteiger partial charge in [0, 0.05) is 90.3 Å². The summed E-state index contributed by atoms with van der Waals surface area (Å²) in [6.07, 6.45) is 10.5. The van der Waals surface area contributed by atoms with Gasteiger partial charge in [0.25, 0.3) is 0 Å². The van der Waals surface area contributed by atoms with Crippen LogP contribution in [0.1, 0.15) is 92.8 Å². The van der Waals surface area contributed by atoms with Gasteiger partial charge in [-0.3, -0.25) is 44.0 Å². The molecule has 15 atom stereocenters. The maximum atomic E-state index is 14.6. The van der Waals surface area contributed by atoms with E-state index in [2.05, 4.69) is 32.9 Å². The third kappa shape index (κ3) is 7.96. The minimum Gasteiger partial charge on any atom is -0.456 e. The molecule has 0 radical (unpaired) electrons. The lowest BCUT2D eigenvalue weighted by atomic mass is 9.71. The lowest BCUT2D eigenvalue weighted by Gasteiger charge is -2.53. The second kappa shape index (κ2) is 17.9. The molecule has 3 aromatic carbocycles. The molecule has 0 amide bonds. The Kier molecular flexibility index (Phi) is 11.2. The number of carbonyl (C=O) groups is 3. The Morgan fingerprint density at radius 2 is 0.696 bits per heavy atom. The van der Waals surface area contributed by atoms with Gasteiger partial charge in [-0.2, -0.15) is 0 Å². The number of carbonyl (C=O) groups excluding carboxylic acids is 3. The lowest BCUT2D eigenvalue weighted by Crippen LogP contribution is -2.57. The summed E-state index contributed by atoms with van der Waals surface area (Å²) < 4.78 is 20.5. The van der Waals surface area contributed by atoms with E-state index in [1.165, 1.54) is 0 Å². The zero-order valence-corrected chi connectivity index (χ0v) is 39.1. The zero-order valence-electron chi connectivity index (χ0n) is 39.1. The Balaban J connectivity index is 0.867. The number of aromatic nitrogens is 3. The molecule has 0 aliphatic carbocycles. The first-order valence-electron chi connectivity index (χ1n) is 25.7. The van der Waals surface area contributed by atoms with Gasteiger partial charge in [0.1, 0.15) is 18.3 Å². The fraction of sp³-hybridized carbons (Fsp3) is 0.474. The maximum absolute atomic E-state index is 14.6. The number of para-hydroxylation sites is 3. The highest BCUT2D eigenvalue weighted by Gasteiger charge is 2.50. The Morgan fingerprint density at radius 1 is 0.391 bits per heavy atom. The van der Waals surface area contributed by atoms with Gasteiger partial charge in [-0.05, 0) is 130 Å². The summed E-state index contributed by atoms with van der Waals surface area (Å²) in [6, 6.07) is 30.4. The van der Waals surface area contributed by atoms with Crippen LogP contribution in [-0.4, -0.2) is 105 Å². The molecule has 6 aromatic rings. The van der Waals surface area contributed by atoms with Gasteiger partial charge >= 0.3 is 17.9 Å². The molecule has 15 aliphatic heterocycles. The van der Waals surface area contributed by atoms with Crippen molar-refractivity contribution in [3.8, 4) is 0 Å². The first-order chi connectivity index (χ1) is 33.9. The van der Waals surface area contributed by atoms with Crippen molar-refractivity contribution >= 4 is 50.6 Å². The van der Waals surface area contributed by atoms with Crippen molar-refractivity contribution in [2.24, 2.45) is 35.5 Å². The zero-order chi connectivity index (χ0) is 46.2. The summed E-state index contributed by atoms with van der Waals surface area (Å²) in [7, 11) is 0. The van der Waals surface area contributed by atoms with Gasteiger partial charge in [0.2, 0.25) is 0 Å². The van der Waals surface area contributed by atoms with E-state index in [-0.39, 0.29) is 71.5 Å². The smallest absolute Gasteiger partial charge is 0.306 e. The van der Waals surface area contributed by atoms with Gasteiger partial charge in [-0.25, -0.2) is 0 Å². The van der Waals surface area contributed by atoms with Gasteiger partial charge < -0.3 is 14.2 Å². The number of pyridine rings is 3. The highest BCUT2D eigenvalue weighted by molar-refractivity contribution is 5.85. The van der Waals surface area contributed by atoms with E-state index in [4.69, 9.17) is 29.2 Å². The van der Waals surface area contributed by atoms with Crippen LogP contribution in [0.3, 0.4) is 0 Å². The predicted molar refractivity (Wildman–Crippen MR) is 260 cm³/mol. The summed E-state index contributed by atoms with van der Waals surface area (Å²) in [5.74, 6) is 0.705. The quantitative estimate of drug-likeness (QED) is 0.124. The molecular weight excluding hydrogens is 865 g/mol. The van der Waals surface area contributed by atoms with Crippen LogP contribution in [0.5, 0.6) is 0 Å². The molecule has 0 saturated carbocycles. The fourth-order valence-electron chi connectivity index (χ4n) is 14.5. The molecule has 15 aliphatic rings. The van der Waals surface area contributed by atoms with Crippen LogP contribution in [0.25, 0.3) is 32.7 Å². The first kappa shape index (κ1) is 43.2. The molecule has 15 fully saturated rings. The van der Waals surface area contributed by atoms with E-state index in [1.807, 2.05) is 91.4 Å². The van der Waals surface area contributed by atoms with Gasteiger partial charge in [-0.15, -0.1) is 0 Å². The van der Waals surface area contributed by atoms with Crippen molar-refractivity contribution in [1.29, 1.82) is 0 Å². The first-order valence-corrected chi connectivity index (χ1v) is 25.7. The number of benzene rings is 3. The lowest BCUT2D eigenvalue weighted by molar-refractivity contribution is -0.168. The number of fused-ring (bicyclic) bond motifs is 6. The highest BCUT2D eigenvalue weighted by Crippen LogP contribution is 2.49. The molecule has 12 heteroatoms. The van der Waals surface area contributed by atoms with Gasteiger partial charge in [0.05, 0.1) is 34.7 Å². The van der Waals surface area contributed by atoms with Crippen molar-refractivity contribution in [3.05, 3.63) is 126 Å². The standard InChI is InChI=1S/C57H60N6O6/c64-52-28-37-32-62-23-17-35(37)26-50(62)56(44-14-20-59-47-11-5-2-8-41(44)47)69-54(66)30-39-33-63-24-18-36(39)27-51(63)57(45-15-21-60-48-12-6-3-9-42(45)48)68-53(65)29-38-31-61-22-16-34(38)25-49(61)55(67-52)43-13-19-58-46-10-4-1-7-40(43)46/h1-15,19-21,34-39,49-51,55-57H,16-18,22-33H2/t34-,35-,36+,37-,38-,39+,49-,50-,51+,55+,56+,57+/m0/s1. The van der Waals surface area contributed by atoms with Gasteiger partial charge in [0.15, 0.2) is 0 Å². The monoisotopic (exact) mass is 924 g/mol. The molecule has 12 bridgehead atoms. The van der Waals surface area contributed by atoms with E-state index in [1.54, 1.807) is 0 Å². The third-order valence-corrected chi connectivity index (χ3v) is 17.9. The number of hydrogen-bond donors (Lipinski definition) is 0. The maximum Gasteiger partial charge on any atom is 0.306 e.